The molecule has 0 fully saturated rings. The fourth-order valence-electron chi connectivity index (χ4n) is 2.86. The van der Waals surface area contributed by atoms with E-state index in [2.05, 4.69) is 5.10 Å². The van der Waals surface area contributed by atoms with E-state index in [4.69, 9.17) is 0 Å². The molecule has 1 N–H and O–H groups in total. The molecule has 3 rings (SSSR count). The van der Waals surface area contributed by atoms with Crippen LogP contribution in [0.15, 0.2) is 36.4 Å². The number of fused-ring (bicyclic) bond motifs is 1. The van der Waals surface area contributed by atoms with E-state index in [0.29, 0.717) is 17.6 Å². The SMILES string of the molecule is Cc1cc2c(C)nn(Cc3ccccc3)c2c(C(=O)O)c1C. The number of aromatic nitrogens is 2. The first kappa shape index (κ1) is 14.3. The molecule has 3 aromatic rings. The van der Waals surface area contributed by atoms with Gasteiger partial charge in [0, 0.05) is 5.39 Å². The third-order valence-corrected chi connectivity index (χ3v) is 4.13. The van der Waals surface area contributed by atoms with Crippen LogP contribution in [0.1, 0.15) is 32.7 Å². The van der Waals surface area contributed by atoms with Crippen LogP contribution in [-0.4, -0.2) is 20.9 Å². The van der Waals surface area contributed by atoms with Gasteiger partial charge in [-0.25, -0.2) is 4.79 Å². The van der Waals surface area contributed by atoms with Crippen LogP contribution in [0.3, 0.4) is 0 Å². The van der Waals surface area contributed by atoms with Gasteiger partial charge in [0.2, 0.25) is 0 Å². The number of carboxylic acids is 1. The lowest BCUT2D eigenvalue weighted by Crippen LogP contribution is -2.08. The van der Waals surface area contributed by atoms with E-state index in [1.807, 2.05) is 57.2 Å². The minimum Gasteiger partial charge on any atom is -0.478 e. The predicted molar refractivity (Wildman–Crippen MR) is 86.4 cm³/mol. The third-order valence-electron chi connectivity index (χ3n) is 4.13. The second kappa shape index (κ2) is 5.30. The monoisotopic (exact) mass is 294 g/mol. The van der Waals surface area contributed by atoms with Crippen molar-refractivity contribution >= 4 is 16.9 Å². The van der Waals surface area contributed by atoms with E-state index in [0.717, 1.165) is 27.8 Å². The molecule has 0 atom stereocenters. The number of carboxylic acid groups (broad SMARTS) is 1. The van der Waals surface area contributed by atoms with E-state index in [9.17, 15) is 9.90 Å². The number of hydrogen-bond acceptors (Lipinski definition) is 2. The molecule has 0 radical (unpaired) electrons. The number of rotatable bonds is 3. The number of hydrogen-bond donors (Lipinski definition) is 1. The fourth-order valence-corrected chi connectivity index (χ4v) is 2.86. The first-order chi connectivity index (χ1) is 10.5. The molecular weight excluding hydrogens is 276 g/mol. The van der Waals surface area contributed by atoms with E-state index in [1.54, 1.807) is 4.68 Å². The Morgan fingerprint density at radius 3 is 2.50 bits per heavy atom. The minimum absolute atomic E-state index is 0.353. The van der Waals surface area contributed by atoms with Crippen molar-refractivity contribution in [2.75, 3.05) is 0 Å². The van der Waals surface area contributed by atoms with Gasteiger partial charge in [-0.2, -0.15) is 5.10 Å². The van der Waals surface area contributed by atoms with Crippen molar-refractivity contribution in [2.24, 2.45) is 0 Å². The maximum absolute atomic E-state index is 11.8. The molecule has 1 heterocycles. The summed E-state index contributed by atoms with van der Waals surface area (Å²) in [6, 6.07) is 12.0. The summed E-state index contributed by atoms with van der Waals surface area (Å²) in [7, 11) is 0. The second-order valence-electron chi connectivity index (χ2n) is 5.62. The molecule has 0 aliphatic rings. The van der Waals surface area contributed by atoms with Crippen LogP contribution >= 0.6 is 0 Å². The van der Waals surface area contributed by atoms with Gasteiger partial charge in [-0.3, -0.25) is 4.68 Å². The van der Waals surface area contributed by atoms with Crippen LogP contribution in [0.2, 0.25) is 0 Å². The lowest BCUT2D eigenvalue weighted by atomic mass is 9.99. The van der Waals surface area contributed by atoms with Crippen LogP contribution < -0.4 is 0 Å². The van der Waals surface area contributed by atoms with Crippen molar-refractivity contribution in [3.05, 3.63) is 64.3 Å². The molecule has 4 heteroatoms. The van der Waals surface area contributed by atoms with Gasteiger partial charge in [-0.15, -0.1) is 0 Å². The minimum atomic E-state index is -0.902. The Labute approximate surface area is 129 Å². The Morgan fingerprint density at radius 2 is 1.86 bits per heavy atom. The van der Waals surface area contributed by atoms with Gasteiger partial charge in [-0.1, -0.05) is 30.3 Å². The molecular formula is C18H18N2O2. The maximum atomic E-state index is 11.8. The molecule has 4 nitrogen and oxygen atoms in total. The Hall–Kier alpha value is -2.62. The summed E-state index contributed by atoms with van der Waals surface area (Å²) in [5.41, 5.74) is 4.79. The van der Waals surface area contributed by atoms with Crippen LogP contribution in [0.4, 0.5) is 0 Å². The molecule has 1 aromatic heterocycles. The lowest BCUT2D eigenvalue weighted by Gasteiger charge is -2.10. The van der Waals surface area contributed by atoms with Gasteiger partial charge in [-0.05, 0) is 43.5 Å². The number of aromatic carboxylic acids is 1. The fraction of sp³-hybridized carbons (Fsp3) is 0.222. The molecule has 0 saturated carbocycles. The van der Waals surface area contributed by atoms with Gasteiger partial charge < -0.3 is 5.11 Å². The predicted octanol–water partition coefficient (Wildman–Crippen LogP) is 3.71. The number of benzene rings is 2. The van der Waals surface area contributed by atoms with Crippen LogP contribution in [0, 0.1) is 20.8 Å². The van der Waals surface area contributed by atoms with Gasteiger partial charge in [0.05, 0.1) is 23.3 Å². The maximum Gasteiger partial charge on any atom is 0.338 e. The molecule has 0 spiro atoms. The largest absolute Gasteiger partial charge is 0.478 e. The average molecular weight is 294 g/mol. The highest BCUT2D eigenvalue weighted by atomic mass is 16.4. The molecule has 0 aliphatic heterocycles. The molecule has 0 saturated heterocycles. The molecule has 0 unspecified atom stereocenters. The number of nitrogens with zero attached hydrogens (tertiary/aromatic N) is 2. The Bertz CT molecular complexity index is 864. The Balaban J connectivity index is 2.28. The summed E-state index contributed by atoms with van der Waals surface area (Å²) in [6.07, 6.45) is 0. The third kappa shape index (κ3) is 2.26. The summed E-state index contributed by atoms with van der Waals surface area (Å²) in [5, 5.41) is 15.1. The topological polar surface area (TPSA) is 55.1 Å². The molecule has 22 heavy (non-hydrogen) atoms. The summed E-state index contributed by atoms with van der Waals surface area (Å²) in [6.45, 7) is 6.28. The zero-order valence-electron chi connectivity index (χ0n) is 12.9. The van der Waals surface area contributed by atoms with Crippen LogP contribution in [0.25, 0.3) is 10.9 Å². The van der Waals surface area contributed by atoms with Crippen molar-refractivity contribution in [3.8, 4) is 0 Å². The van der Waals surface area contributed by atoms with E-state index >= 15 is 0 Å². The first-order valence-electron chi connectivity index (χ1n) is 7.23. The molecule has 0 bridgehead atoms. The quantitative estimate of drug-likeness (QED) is 0.801. The standard InChI is InChI=1S/C18H18N2O2/c1-11-9-15-13(3)19-20(10-14-7-5-4-6-8-14)17(15)16(12(11)2)18(21)22/h4-9H,10H2,1-3H3,(H,21,22). The first-order valence-corrected chi connectivity index (χ1v) is 7.23. The van der Waals surface area contributed by atoms with E-state index in [-0.39, 0.29) is 0 Å². The van der Waals surface area contributed by atoms with E-state index in [1.165, 1.54) is 0 Å². The van der Waals surface area contributed by atoms with Crippen LogP contribution in [-0.2, 0) is 6.54 Å². The summed E-state index contributed by atoms with van der Waals surface area (Å²) < 4.78 is 1.80. The molecule has 2 aromatic carbocycles. The highest BCUT2D eigenvalue weighted by Crippen LogP contribution is 2.28. The van der Waals surface area contributed by atoms with Gasteiger partial charge in [0.25, 0.3) is 0 Å². The van der Waals surface area contributed by atoms with Gasteiger partial charge in [0.1, 0.15) is 0 Å². The average Bonchev–Trinajstić information content (AvgIpc) is 2.77. The smallest absolute Gasteiger partial charge is 0.338 e. The van der Waals surface area contributed by atoms with Crippen LogP contribution in [0.5, 0.6) is 0 Å². The Kier molecular flexibility index (Phi) is 3.45. The van der Waals surface area contributed by atoms with Crippen molar-refractivity contribution in [3.63, 3.8) is 0 Å². The van der Waals surface area contributed by atoms with Gasteiger partial charge in [0.15, 0.2) is 0 Å². The molecule has 0 aliphatic carbocycles. The highest BCUT2D eigenvalue weighted by Gasteiger charge is 2.20. The van der Waals surface area contributed by atoms with Crippen molar-refractivity contribution < 1.29 is 9.90 Å². The zero-order valence-corrected chi connectivity index (χ0v) is 12.9. The number of aryl methyl sites for hydroxylation is 2. The van der Waals surface area contributed by atoms with Crippen molar-refractivity contribution in [2.45, 2.75) is 27.3 Å². The van der Waals surface area contributed by atoms with Crippen molar-refractivity contribution in [1.82, 2.24) is 9.78 Å². The normalized spacial score (nSPS) is 11.0. The summed E-state index contributed by atoms with van der Waals surface area (Å²) in [4.78, 5) is 11.8. The summed E-state index contributed by atoms with van der Waals surface area (Å²) in [5.74, 6) is -0.902. The highest BCUT2D eigenvalue weighted by molar-refractivity contribution is 6.04. The number of carbonyl (C=O) groups is 1. The van der Waals surface area contributed by atoms with Gasteiger partial charge >= 0.3 is 5.97 Å². The molecule has 0 amide bonds. The van der Waals surface area contributed by atoms with E-state index < -0.39 is 5.97 Å². The zero-order chi connectivity index (χ0) is 15.9. The second-order valence-corrected chi connectivity index (χ2v) is 5.62. The molecule has 112 valence electrons. The lowest BCUT2D eigenvalue weighted by molar-refractivity contribution is 0.0697. The Morgan fingerprint density at radius 1 is 1.18 bits per heavy atom. The summed E-state index contributed by atoms with van der Waals surface area (Å²) >= 11 is 0. The van der Waals surface area contributed by atoms with Crippen molar-refractivity contribution in [1.29, 1.82) is 0 Å².